The van der Waals surface area contributed by atoms with Gasteiger partial charge in [-0.3, -0.25) is 5.32 Å². The van der Waals surface area contributed by atoms with Crippen LogP contribution in [0.25, 0.3) is 6.08 Å². The molecule has 2 rings (SSSR count). The zero-order valence-corrected chi connectivity index (χ0v) is 9.69. The molecule has 16 heavy (non-hydrogen) atoms. The molecule has 3 N–H and O–H groups in total. The van der Waals surface area contributed by atoms with Crippen molar-refractivity contribution in [2.75, 3.05) is 6.54 Å². The molecule has 2 atom stereocenters. The molecule has 0 unspecified atom stereocenters. The zero-order chi connectivity index (χ0) is 11.6. The Morgan fingerprint density at radius 2 is 2.19 bits per heavy atom. The van der Waals surface area contributed by atoms with Crippen LogP contribution in [0, 0.1) is 0 Å². The largest absolute Gasteiger partial charge is 0.383 e. The van der Waals surface area contributed by atoms with E-state index < -0.39 is 11.2 Å². The summed E-state index contributed by atoms with van der Waals surface area (Å²) in [6.45, 7) is 0.277. The van der Waals surface area contributed by atoms with Crippen LogP contribution in [0.1, 0.15) is 17.5 Å². The first-order valence-corrected chi connectivity index (χ1v) is 5.71. The van der Waals surface area contributed by atoms with E-state index in [0.29, 0.717) is 6.42 Å². The molecule has 0 heterocycles. The summed E-state index contributed by atoms with van der Waals surface area (Å²) in [6.07, 6.45) is 4.48. The van der Waals surface area contributed by atoms with Crippen molar-refractivity contribution in [1.29, 1.82) is 0 Å². The summed E-state index contributed by atoms with van der Waals surface area (Å²) < 4.78 is 0. The predicted molar refractivity (Wildman–Crippen MR) is 67.0 cm³/mol. The van der Waals surface area contributed by atoms with Gasteiger partial charge in [-0.2, -0.15) is 0 Å². The molecule has 1 aliphatic carbocycles. The Bertz CT molecular complexity index is 406. The third-order valence-electron chi connectivity index (χ3n) is 2.79. The Labute approximate surface area is 100 Å². The predicted octanol–water partition coefficient (Wildman–Crippen LogP) is 1.09. The number of fused-ring (bicyclic) bond motifs is 1. The van der Waals surface area contributed by atoms with Crippen molar-refractivity contribution in [3.05, 3.63) is 41.5 Å². The van der Waals surface area contributed by atoms with Crippen LogP contribution in [0.4, 0.5) is 0 Å². The lowest BCUT2D eigenvalue weighted by molar-refractivity contribution is 0.0290. The van der Waals surface area contributed by atoms with E-state index in [0.717, 1.165) is 11.1 Å². The van der Waals surface area contributed by atoms with Gasteiger partial charge in [-0.1, -0.05) is 36.4 Å². The maximum atomic E-state index is 10.5. The average Bonchev–Trinajstić information content (AvgIpc) is 2.27. The molecule has 0 spiro atoms. The standard InChI is InChI=1S/C12H15NO2S/c14-11(16)13-8-12(15)7-3-5-9-4-1-2-6-10(9)12/h1-6,11,13-16H,7-8H2/t11-,12-/m1/s1. The molecule has 4 heteroatoms. The minimum atomic E-state index is -0.963. The molecule has 0 bridgehead atoms. The van der Waals surface area contributed by atoms with Crippen LogP contribution in [0.5, 0.6) is 0 Å². The molecule has 0 aliphatic heterocycles. The number of aliphatic hydroxyl groups is 2. The summed E-state index contributed by atoms with van der Waals surface area (Å²) in [5.74, 6) is 0. The second-order valence-electron chi connectivity index (χ2n) is 3.98. The quantitative estimate of drug-likeness (QED) is 0.470. The Morgan fingerprint density at radius 3 is 2.94 bits per heavy atom. The van der Waals surface area contributed by atoms with Gasteiger partial charge in [0, 0.05) is 6.54 Å². The fourth-order valence-electron chi connectivity index (χ4n) is 1.98. The van der Waals surface area contributed by atoms with Crippen molar-refractivity contribution in [2.24, 2.45) is 0 Å². The number of hydrogen-bond donors (Lipinski definition) is 4. The van der Waals surface area contributed by atoms with Gasteiger partial charge < -0.3 is 10.2 Å². The number of rotatable bonds is 3. The minimum absolute atomic E-state index is 0.277. The normalized spacial score (nSPS) is 25.2. The highest BCUT2D eigenvalue weighted by Crippen LogP contribution is 2.32. The van der Waals surface area contributed by atoms with Crippen LogP contribution in [-0.2, 0) is 5.60 Å². The monoisotopic (exact) mass is 237 g/mol. The summed E-state index contributed by atoms with van der Waals surface area (Å²) in [7, 11) is 0. The fourth-order valence-corrected chi connectivity index (χ4v) is 2.08. The topological polar surface area (TPSA) is 52.5 Å². The lowest BCUT2D eigenvalue weighted by atomic mass is 9.83. The van der Waals surface area contributed by atoms with Crippen LogP contribution in [-0.4, -0.2) is 22.3 Å². The van der Waals surface area contributed by atoms with E-state index in [1.165, 1.54) is 0 Å². The number of aliphatic hydroxyl groups excluding tert-OH is 1. The molecule has 86 valence electrons. The molecule has 1 aliphatic rings. The van der Waals surface area contributed by atoms with Crippen LogP contribution < -0.4 is 5.32 Å². The summed E-state index contributed by atoms with van der Waals surface area (Å²) in [5.41, 5.74) is 0.0301. The van der Waals surface area contributed by atoms with Gasteiger partial charge in [0.1, 0.15) is 11.2 Å². The average molecular weight is 237 g/mol. The summed E-state index contributed by atoms with van der Waals surface area (Å²) in [5, 5.41) is 22.3. The fraction of sp³-hybridized carbons (Fsp3) is 0.333. The highest BCUT2D eigenvalue weighted by molar-refractivity contribution is 7.80. The molecule has 0 saturated carbocycles. The van der Waals surface area contributed by atoms with Crippen molar-refractivity contribution in [3.8, 4) is 0 Å². The number of nitrogens with one attached hydrogen (secondary N) is 1. The van der Waals surface area contributed by atoms with Crippen molar-refractivity contribution < 1.29 is 10.2 Å². The van der Waals surface area contributed by atoms with Gasteiger partial charge in [-0.05, 0) is 17.5 Å². The highest BCUT2D eigenvalue weighted by atomic mass is 32.1. The van der Waals surface area contributed by atoms with Crippen molar-refractivity contribution in [1.82, 2.24) is 5.32 Å². The maximum absolute atomic E-state index is 10.5. The molecular weight excluding hydrogens is 222 g/mol. The van der Waals surface area contributed by atoms with Crippen molar-refractivity contribution >= 4 is 18.7 Å². The zero-order valence-electron chi connectivity index (χ0n) is 8.80. The highest BCUT2D eigenvalue weighted by Gasteiger charge is 2.31. The van der Waals surface area contributed by atoms with Gasteiger partial charge in [-0.15, -0.1) is 12.6 Å². The van der Waals surface area contributed by atoms with E-state index in [1.54, 1.807) is 0 Å². The molecule has 1 aromatic carbocycles. The third-order valence-corrected chi connectivity index (χ3v) is 2.97. The summed E-state index contributed by atoms with van der Waals surface area (Å²) in [6, 6.07) is 7.72. The van der Waals surface area contributed by atoms with Crippen molar-refractivity contribution in [3.63, 3.8) is 0 Å². The first-order chi connectivity index (χ1) is 7.62. The van der Waals surface area contributed by atoms with Gasteiger partial charge in [0.05, 0.1) is 0 Å². The first-order valence-electron chi connectivity index (χ1n) is 5.20. The summed E-state index contributed by atoms with van der Waals surface area (Å²) in [4.78, 5) is 0. The maximum Gasteiger partial charge on any atom is 0.150 e. The van der Waals surface area contributed by atoms with Crippen LogP contribution in [0.2, 0.25) is 0 Å². The van der Waals surface area contributed by atoms with Gasteiger partial charge in [0.25, 0.3) is 0 Å². The summed E-state index contributed by atoms with van der Waals surface area (Å²) >= 11 is 3.82. The molecule has 0 aromatic heterocycles. The lowest BCUT2D eigenvalue weighted by Crippen LogP contribution is -2.41. The van der Waals surface area contributed by atoms with Gasteiger partial charge >= 0.3 is 0 Å². The molecular formula is C12H15NO2S. The van der Waals surface area contributed by atoms with Gasteiger partial charge in [-0.25, -0.2) is 0 Å². The van der Waals surface area contributed by atoms with Crippen LogP contribution in [0.15, 0.2) is 30.3 Å². The SMILES string of the molecule is O[C@H](S)NC[C@]1(O)CC=Cc2ccccc21. The molecule has 1 aromatic rings. The molecule has 0 fully saturated rings. The van der Waals surface area contributed by atoms with Crippen LogP contribution in [0.3, 0.4) is 0 Å². The molecule has 0 radical (unpaired) electrons. The van der Waals surface area contributed by atoms with E-state index in [-0.39, 0.29) is 6.54 Å². The Morgan fingerprint density at radius 1 is 1.44 bits per heavy atom. The minimum Gasteiger partial charge on any atom is -0.383 e. The Balaban J connectivity index is 2.26. The number of thiol groups is 1. The second kappa shape index (κ2) is 4.59. The Hall–Kier alpha value is -0.810. The van der Waals surface area contributed by atoms with E-state index in [2.05, 4.69) is 17.9 Å². The van der Waals surface area contributed by atoms with Crippen LogP contribution >= 0.6 is 12.6 Å². The lowest BCUT2D eigenvalue weighted by Gasteiger charge is -2.32. The van der Waals surface area contributed by atoms with E-state index in [1.807, 2.05) is 36.4 Å². The third kappa shape index (κ3) is 2.30. The molecule has 0 amide bonds. The number of hydrogen-bond acceptors (Lipinski definition) is 4. The smallest absolute Gasteiger partial charge is 0.150 e. The van der Waals surface area contributed by atoms with Crippen molar-refractivity contribution in [2.45, 2.75) is 17.6 Å². The second-order valence-corrected chi connectivity index (χ2v) is 4.47. The molecule has 0 saturated heterocycles. The first kappa shape index (κ1) is 11.7. The van der Waals surface area contributed by atoms with E-state index in [9.17, 15) is 5.11 Å². The molecule has 3 nitrogen and oxygen atoms in total. The van der Waals surface area contributed by atoms with Gasteiger partial charge in [0.15, 0.2) is 0 Å². The number of benzene rings is 1. The van der Waals surface area contributed by atoms with E-state index >= 15 is 0 Å². The van der Waals surface area contributed by atoms with E-state index in [4.69, 9.17) is 5.11 Å². The Kier molecular flexibility index (Phi) is 3.35. The van der Waals surface area contributed by atoms with Gasteiger partial charge in [0.2, 0.25) is 0 Å².